The summed E-state index contributed by atoms with van der Waals surface area (Å²) in [5.74, 6) is 0. The van der Waals surface area contributed by atoms with Gasteiger partial charge in [0.05, 0.1) is 6.10 Å². The molecule has 0 radical (unpaired) electrons. The van der Waals surface area contributed by atoms with Gasteiger partial charge in [0.2, 0.25) is 0 Å². The van der Waals surface area contributed by atoms with Gasteiger partial charge in [-0.2, -0.15) is 0 Å². The molecule has 88 valence electrons. The van der Waals surface area contributed by atoms with E-state index in [1.54, 1.807) is 0 Å². The van der Waals surface area contributed by atoms with Crippen LogP contribution in [0.5, 0.6) is 0 Å². The van der Waals surface area contributed by atoms with E-state index in [4.69, 9.17) is 0 Å². The van der Waals surface area contributed by atoms with Crippen LogP contribution in [0.3, 0.4) is 0 Å². The van der Waals surface area contributed by atoms with Crippen molar-refractivity contribution in [1.82, 2.24) is 5.32 Å². The Bertz CT molecular complexity index is 181. The van der Waals surface area contributed by atoms with Crippen LogP contribution in [0.25, 0.3) is 0 Å². The van der Waals surface area contributed by atoms with Gasteiger partial charge < -0.3 is 10.4 Å². The molecule has 1 fully saturated rings. The lowest BCUT2D eigenvalue weighted by molar-refractivity contribution is 0.0838. The predicted octanol–water partition coefficient (Wildman–Crippen LogP) is 2.62. The minimum atomic E-state index is -0.128. The molecule has 0 aromatic heterocycles. The lowest BCUT2D eigenvalue weighted by atomic mass is 9.91. The molecule has 3 atom stereocenters. The molecule has 0 heterocycles. The van der Waals surface area contributed by atoms with Gasteiger partial charge in [-0.25, -0.2) is 0 Å². The normalized spacial score (nSPS) is 28.7. The molecule has 2 nitrogen and oxygen atoms in total. The molecule has 1 aliphatic rings. The van der Waals surface area contributed by atoms with Crippen molar-refractivity contribution in [1.29, 1.82) is 0 Å². The third-order valence-electron chi connectivity index (χ3n) is 3.39. The first-order chi connectivity index (χ1) is 7.27. The first-order valence-corrected chi connectivity index (χ1v) is 6.33. The van der Waals surface area contributed by atoms with Gasteiger partial charge >= 0.3 is 0 Å². The minimum absolute atomic E-state index is 0.128. The summed E-state index contributed by atoms with van der Waals surface area (Å²) in [6.07, 6.45) is 9.73. The molecule has 1 rings (SSSR count). The molecular weight excluding hydrogens is 186 g/mol. The summed E-state index contributed by atoms with van der Waals surface area (Å²) in [5, 5.41) is 13.4. The summed E-state index contributed by atoms with van der Waals surface area (Å²) in [6, 6.07) is 0.870. The fourth-order valence-electron chi connectivity index (χ4n) is 2.33. The lowest BCUT2D eigenvalue weighted by Gasteiger charge is -2.32. The van der Waals surface area contributed by atoms with Crippen molar-refractivity contribution in [3.63, 3.8) is 0 Å². The Labute approximate surface area is 93.8 Å². The molecule has 1 saturated carbocycles. The molecular formula is C13H25NO. The van der Waals surface area contributed by atoms with Crippen molar-refractivity contribution in [2.24, 2.45) is 0 Å². The minimum Gasteiger partial charge on any atom is -0.392 e. The maximum Gasteiger partial charge on any atom is 0.0693 e. The fourth-order valence-corrected chi connectivity index (χ4v) is 2.33. The molecule has 0 amide bonds. The van der Waals surface area contributed by atoms with E-state index in [2.05, 4.69) is 18.8 Å². The van der Waals surface area contributed by atoms with Crippen LogP contribution in [0, 0.1) is 0 Å². The van der Waals surface area contributed by atoms with Crippen LogP contribution in [0.15, 0.2) is 12.7 Å². The van der Waals surface area contributed by atoms with Crippen molar-refractivity contribution >= 4 is 0 Å². The summed E-state index contributed by atoms with van der Waals surface area (Å²) in [7, 11) is 0. The fraction of sp³-hybridized carbons (Fsp3) is 0.846. The Morgan fingerprint density at radius 2 is 2.20 bits per heavy atom. The van der Waals surface area contributed by atoms with E-state index in [1.807, 2.05) is 6.08 Å². The maximum atomic E-state index is 9.86. The third-order valence-corrected chi connectivity index (χ3v) is 3.39. The molecule has 0 bridgehead atoms. The van der Waals surface area contributed by atoms with Crippen molar-refractivity contribution in [2.45, 2.75) is 70.1 Å². The second-order valence-corrected chi connectivity index (χ2v) is 4.60. The second-order valence-electron chi connectivity index (χ2n) is 4.60. The zero-order valence-corrected chi connectivity index (χ0v) is 9.91. The lowest BCUT2D eigenvalue weighted by Crippen LogP contribution is -2.46. The van der Waals surface area contributed by atoms with E-state index in [1.165, 1.54) is 12.8 Å². The highest BCUT2D eigenvalue weighted by atomic mass is 16.3. The van der Waals surface area contributed by atoms with Gasteiger partial charge in [-0.05, 0) is 32.1 Å². The Morgan fingerprint density at radius 1 is 1.47 bits per heavy atom. The number of nitrogens with one attached hydrogen (secondary N) is 1. The summed E-state index contributed by atoms with van der Waals surface area (Å²) < 4.78 is 0. The van der Waals surface area contributed by atoms with Crippen LogP contribution in [-0.4, -0.2) is 23.3 Å². The maximum absolute atomic E-state index is 9.86. The third kappa shape index (κ3) is 4.35. The molecule has 1 aliphatic carbocycles. The highest BCUT2D eigenvalue weighted by Crippen LogP contribution is 2.19. The van der Waals surface area contributed by atoms with Gasteiger partial charge in [0.25, 0.3) is 0 Å². The molecule has 0 aromatic carbocycles. The van der Waals surface area contributed by atoms with Gasteiger partial charge in [-0.15, -0.1) is 6.58 Å². The van der Waals surface area contributed by atoms with Crippen molar-refractivity contribution < 1.29 is 5.11 Å². The van der Waals surface area contributed by atoms with E-state index in [0.29, 0.717) is 12.1 Å². The monoisotopic (exact) mass is 211 g/mol. The highest BCUT2D eigenvalue weighted by molar-refractivity contribution is 4.84. The molecule has 0 spiro atoms. The number of allylic oxidation sites excluding steroid dienone is 1. The summed E-state index contributed by atoms with van der Waals surface area (Å²) in [6.45, 7) is 5.96. The van der Waals surface area contributed by atoms with Gasteiger partial charge in [-0.3, -0.25) is 0 Å². The van der Waals surface area contributed by atoms with Crippen molar-refractivity contribution in [2.75, 3.05) is 0 Å². The SMILES string of the molecule is C=CCC[C@H](CC)N[C@@H]1CCCC[C@H]1O. The van der Waals surface area contributed by atoms with Crippen molar-refractivity contribution in [3.05, 3.63) is 12.7 Å². The summed E-state index contributed by atoms with van der Waals surface area (Å²) in [4.78, 5) is 0. The standard InChI is InChI=1S/C13H25NO/c1-3-5-8-11(4-2)14-12-9-6-7-10-13(12)15/h3,11-15H,1,4-10H2,2H3/t11-,12+,13+/m0/s1. The highest BCUT2D eigenvalue weighted by Gasteiger charge is 2.24. The number of hydrogen-bond acceptors (Lipinski definition) is 2. The van der Waals surface area contributed by atoms with Gasteiger partial charge in [0, 0.05) is 12.1 Å². The first-order valence-electron chi connectivity index (χ1n) is 6.33. The van der Waals surface area contributed by atoms with E-state index >= 15 is 0 Å². The number of aliphatic hydroxyl groups excluding tert-OH is 1. The molecule has 0 aromatic rings. The average Bonchev–Trinajstić information content (AvgIpc) is 2.26. The summed E-state index contributed by atoms with van der Waals surface area (Å²) >= 11 is 0. The van der Waals surface area contributed by atoms with Crippen molar-refractivity contribution in [3.8, 4) is 0 Å². The molecule has 0 unspecified atom stereocenters. The summed E-state index contributed by atoms with van der Waals surface area (Å²) in [5.41, 5.74) is 0. The Morgan fingerprint density at radius 3 is 2.80 bits per heavy atom. The zero-order chi connectivity index (χ0) is 11.1. The van der Waals surface area contributed by atoms with Gasteiger partial charge in [0.1, 0.15) is 0 Å². The van der Waals surface area contributed by atoms with Gasteiger partial charge in [0.15, 0.2) is 0 Å². The van der Waals surface area contributed by atoms with E-state index in [0.717, 1.165) is 32.1 Å². The Balaban J connectivity index is 2.31. The molecule has 0 aliphatic heterocycles. The van der Waals surface area contributed by atoms with E-state index < -0.39 is 0 Å². The molecule has 0 saturated heterocycles. The number of rotatable bonds is 6. The number of aliphatic hydroxyl groups is 1. The Hall–Kier alpha value is -0.340. The first kappa shape index (κ1) is 12.7. The molecule has 15 heavy (non-hydrogen) atoms. The van der Waals surface area contributed by atoms with Gasteiger partial charge in [-0.1, -0.05) is 25.8 Å². The van der Waals surface area contributed by atoms with Crippen LogP contribution in [0.1, 0.15) is 51.9 Å². The largest absolute Gasteiger partial charge is 0.392 e. The average molecular weight is 211 g/mol. The van der Waals surface area contributed by atoms with E-state index in [9.17, 15) is 5.11 Å². The van der Waals surface area contributed by atoms with Crippen LogP contribution in [0.2, 0.25) is 0 Å². The quantitative estimate of drug-likeness (QED) is 0.662. The number of hydrogen-bond donors (Lipinski definition) is 2. The van der Waals surface area contributed by atoms with E-state index in [-0.39, 0.29) is 6.10 Å². The predicted molar refractivity (Wildman–Crippen MR) is 64.9 cm³/mol. The zero-order valence-electron chi connectivity index (χ0n) is 9.91. The second kappa shape index (κ2) is 7.02. The Kier molecular flexibility index (Phi) is 5.96. The van der Waals surface area contributed by atoms with Crippen LogP contribution in [-0.2, 0) is 0 Å². The van der Waals surface area contributed by atoms with Crippen LogP contribution in [0.4, 0.5) is 0 Å². The van der Waals surface area contributed by atoms with Crippen LogP contribution >= 0.6 is 0 Å². The smallest absolute Gasteiger partial charge is 0.0693 e. The topological polar surface area (TPSA) is 32.3 Å². The molecule has 2 heteroatoms. The molecule has 2 N–H and O–H groups in total. The van der Waals surface area contributed by atoms with Crippen LogP contribution < -0.4 is 5.32 Å².